The molecule has 0 saturated carbocycles. The van der Waals surface area contributed by atoms with Crippen LogP contribution in [0.15, 0.2) is 48.5 Å². The van der Waals surface area contributed by atoms with Crippen molar-refractivity contribution in [1.29, 1.82) is 0 Å². The van der Waals surface area contributed by atoms with Crippen molar-refractivity contribution in [1.82, 2.24) is 5.32 Å². The third kappa shape index (κ3) is 5.97. The molecule has 1 saturated heterocycles. The van der Waals surface area contributed by atoms with Crippen LogP contribution in [0.3, 0.4) is 0 Å². The first-order valence-electron chi connectivity index (χ1n) is 9.95. The molecule has 1 aliphatic rings. The zero-order valence-electron chi connectivity index (χ0n) is 17.2. The maximum Gasteiger partial charge on any atom is 0.251 e. The number of piperidine rings is 1. The SMILES string of the molecule is CC1CCCN(c2ccc(C(C)NC(=O)c3ccc(NS(C)(=O)=O)cc3)cc2)C1. The van der Waals surface area contributed by atoms with Gasteiger partial charge in [-0.2, -0.15) is 0 Å². The lowest BCUT2D eigenvalue weighted by molar-refractivity contribution is 0.0940. The number of hydrogen-bond acceptors (Lipinski definition) is 4. The van der Waals surface area contributed by atoms with Crippen LogP contribution in [-0.2, 0) is 10.0 Å². The third-order valence-corrected chi connectivity index (χ3v) is 5.82. The zero-order valence-corrected chi connectivity index (χ0v) is 18.0. The van der Waals surface area contributed by atoms with Gasteiger partial charge in [0, 0.05) is 30.0 Å². The Morgan fingerprint density at radius 1 is 1.10 bits per heavy atom. The Morgan fingerprint density at radius 3 is 2.34 bits per heavy atom. The fraction of sp³-hybridized carbons (Fsp3) is 0.409. The van der Waals surface area contributed by atoms with Crippen LogP contribution in [0.5, 0.6) is 0 Å². The molecular formula is C22H29N3O3S. The molecule has 2 atom stereocenters. The van der Waals surface area contributed by atoms with Crippen molar-refractivity contribution in [2.24, 2.45) is 5.92 Å². The Hall–Kier alpha value is -2.54. The molecule has 1 aliphatic heterocycles. The van der Waals surface area contributed by atoms with Gasteiger partial charge in [-0.25, -0.2) is 8.42 Å². The third-order valence-electron chi connectivity index (χ3n) is 5.21. The maximum atomic E-state index is 12.5. The molecule has 3 rings (SSSR count). The summed E-state index contributed by atoms with van der Waals surface area (Å²) in [5.41, 5.74) is 3.19. The second-order valence-corrected chi connectivity index (χ2v) is 9.68. The monoisotopic (exact) mass is 415 g/mol. The van der Waals surface area contributed by atoms with E-state index in [2.05, 4.69) is 46.1 Å². The summed E-state index contributed by atoms with van der Waals surface area (Å²) < 4.78 is 24.9. The Kier molecular flexibility index (Phi) is 6.47. The highest BCUT2D eigenvalue weighted by Gasteiger charge is 2.17. The van der Waals surface area contributed by atoms with Gasteiger partial charge in [0.25, 0.3) is 5.91 Å². The highest BCUT2D eigenvalue weighted by molar-refractivity contribution is 7.92. The summed E-state index contributed by atoms with van der Waals surface area (Å²) in [6, 6.07) is 14.6. The van der Waals surface area contributed by atoms with E-state index in [0.29, 0.717) is 11.3 Å². The van der Waals surface area contributed by atoms with E-state index in [1.165, 1.54) is 18.5 Å². The maximum absolute atomic E-state index is 12.5. The summed E-state index contributed by atoms with van der Waals surface area (Å²) in [7, 11) is -3.33. The summed E-state index contributed by atoms with van der Waals surface area (Å²) in [4.78, 5) is 14.9. The topological polar surface area (TPSA) is 78.5 Å². The average Bonchev–Trinajstić information content (AvgIpc) is 2.67. The van der Waals surface area contributed by atoms with Gasteiger partial charge in [-0.3, -0.25) is 9.52 Å². The van der Waals surface area contributed by atoms with E-state index >= 15 is 0 Å². The highest BCUT2D eigenvalue weighted by Crippen LogP contribution is 2.24. The number of benzene rings is 2. The van der Waals surface area contributed by atoms with E-state index < -0.39 is 10.0 Å². The van der Waals surface area contributed by atoms with Crippen LogP contribution >= 0.6 is 0 Å². The molecule has 7 heteroatoms. The predicted molar refractivity (Wildman–Crippen MR) is 118 cm³/mol. The van der Waals surface area contributed by atoms with Crippen LogP contribution < -0.4 is 14.9 Å². The van der Waals surface area contributed by atoms with Crippen LogP contribution in [0, 0.1) is 5.92 Å². The largest absolute Gasteiger partial charge is 0.371 e. The van der Waals surface area contributed by atoms with Gasteiger partial charge in [-0.1, -0.05) is 19.1 Å². The molecular weight excluding hydrogens is 386 g/mol. The molecule has 29 heavy (non-hydrogen) atoms. The smallest absolute Gasteiger partial charge is 0.251 e. The molecule has 6 nitrogen and oxygen atoms in total. The van der Waals surface area contributed by atoms with E-state index in [-0.39, 0.29) is 11.9 Å². The van der Waals surface area contributed by atoms with Gasteiger partial charge < -0.3 is 10.2 Å². The van der Waals surface area contributed by atoms with Crippen molar-refractivity contribution in [3.63, 3.8) is 0 Å². The van der Waals surface area contributed by atoms with Gasteiger partial charge in [0.15, 0.2) is 0 Å². The van der Waals surface area contributed by atoms with Gasteiger partial charge in [-0.15, -0.1) is 0 Å². The number of nitrogens with one attached hydrogen (secondary N) is 2. The molecule has 1 fully saturated rings. The number of carbonyl (C=O) groups excluding carboxylic acids is 1. The average molecular weight is 416 g/mol. The second-order valence-electron chi connectivity index (χ2n) is 7.93. The van der Waals surface area contributed by atoms with Crippen molar-refractivity contribution in [3.8, 4) is 0 Å². The van der Waals surface area contributed by atoms with Crippen LogP contribution in [0.25, 0.3) is 0 Å². The summed E-state index contributed by atoms with van der Waals surface area (Å²) in [5.74, 6) is 0.526. The van der Waals surface area contributed by atoms with Crippen LogP contribution in [0.4, 0.5) is 11.4 Å². The number of rotatable bonds is 6. The lowest BCUT2D eigenvalue weighted by Crippen LogP contribution is -2.34. The summed E-state index contributed by atoms with van der Waals surface area (Å²) in [5, 5.41) is 3.00. The Labute approximate surface area is 173 Å². The molecule has 0 bridgehead atoms. The summed E-state index contributed by atoms with van der Waals surface area (Å²) in [6.45, 7) is 6.44. The number of nitrogens with zero attached hydrogens (tertiary/aromatic N) is 1. The number of hydrogen-bond donors (Lipinski definition) is 2. The lowest BCUT2D eigenvalue weighted by atomic mass is 9.99. The summed E-state index contributed by atoms with van der Waals surface area (Å²) in [6.07, 6.45) is 3.61. The number of anilines is 2. The van der Waals surface area contributed by atoms with Crippen molar-refractivity contribution >= 4 is 27.3 Å². The zero-order chi connectivity index (χ0) is 21.0. The Balaban J connectivity index is 1.60. The fourth-order valence-electron chi connectivity index (χ4n) is 3.66. The molecule has 2 aromatic rings. The Bertz CT molecular complexity index is 940. The van der Waals surface area contributed by atoms with Crippen LogP contribution in [0.1, 0.15) is 48.7 Å². The van der Waals surface area contributed by atoms with Crippen LogP contribution in [-0.4, -0.2) is 33.7 Å². The normalized spacial score (nSPS) is 18.2. The lowest BCUT2D eigenvalue weighted by Gasteiger charge is -2.33. The van der Waals surface area contributed by atoms with E-state index in [1.54, 1.807) is 24.3 Å². The quantitative estimate of drug-likeness (QED) is 0.752. The molecule has 2 aromatic carbocycles. The minimum Gasteiger partial charge on any atom is -0.371 e. The molecule has 2 N–H and O–H groups in total. The molecule has 1 amide bonds. The molecule has 156 valence electrons. The highest BCUT2D eigenvalue weighted by atomic mass is 32.2. The van der Waals surface area contributed by atoms with E-state index in [4.69, 9.17) is 0 Å². The van der Waals surface area contributed by atoms with E-state index in [0.717, 1.165) is 30.8 Å². The van der Waals surface area contributed by atoms with Gasteiger partial charge in [0.2, 0.25) is 10.0 Å². The van der Waals surface area contributed by atoms with Gasteiger partial charge in [-0.05, 0) is 67.6 Å². The number of sulfonamides is 1. The first-order valence-corrected chi connectivity index (χ1v) is 11.8. The molecule has 0 aromatic heterocycles. The van der Waals surface area contributed by atoms with Crippen molar-refractivity contribution < 1.29 is 13.2 Å². The molecule has 0 aliphatic carbocycles. The van der Waals surface area contributed by atoms with E-state index in [1.807, 2.05) is 6.92 Å². The van der Waals surface area contributed by atoms with Crippen molar-refractivity contribution in [2.75, 3.05) is 29.0 Å². The Morgan fingerprint density at radius 2 is 1.76 bits per heavy atom. The standard InChI is InChI=1S/C22H29N3O3S/c1-16-5-4-14-25(15-16)21-12-8-18(9-13-21)17(2)23-22(26)19-6-10-20(11-7-19)24-29(3,27)28/h6-13,16-17,24H,4-5,14-15H2,1-3H3,(H,23,26). The van der Waals surface area contributed by atoms with Crippen LogP contribution in [0.2, 0.25) is 0 Å². The minimum atomic E-state index is -3.33. The first-order chi connectivity index (χ1) is 13.7. The van der Waals surface area contributed by atoms with Crippen molar-refractivity contribution in [2.45, 2.75) is 32.7 Å². The predicted octanol–water partition coefficient (Wildman–Crippen LogP) is 3.79. The first kappa shape index (κ1) is 21.2. The second kappa shape index (κ2) is 8.86. The number of carbonyl (C=O) groups is 1. The molecule has 1 heterocycles. The molecule has 0 radical (unpaired) electrons. The van der Waals surface area contributed by atoms with Gasteiger partial charge in [0.1, 0.15) is 0 Å². The fourth-order valence-corrected chi connectivity index (χ4v) is 4.23. The van der Waals surface area contributed by atoms with Gasteiger partial charge >= 0.3 is 0 Å². The molecule has 2 unspecified atom stereocenters. The van der Waals surface area contributed by atoms with Crippen molar-refractivity contribution in [3.05, 3.63) is 59.7 Å². The molecule has 0 spiro atoms. The van der Waals surface area contributed by atoms with Gasteiger partial charge in [0.05, 0.1) is 12.3 Å². The van der Waals surface area contributed by atoms with E-state index in [9.17, 15) is 13.2 Å². The summed E-state index contributed by atoms with van der Waals surface area (Å²) >= 11 is 0. The minimum absolute atomic E-state index is 0.134. The number of amides is 1.